The highest BCUT2D eigenvalue weighted by Crippen LogP contribution is 2.38. The second kappa shape index (κ2) is 10.1. The monoisotopic (exact) mass is 411 g/mol. The van der Waals surface area contributed by atoms with Crippen molar-refractivity contribution in [1.29, 1.82) is 0 Å². The van der Waals surface area contributed by atoms with Gasteiger partial charge in [0.2, 0.25) is 5.60 Å². The summed E-state index contributed by atoms with van der Waals surface area (Å²) >= 11 is 0. The molecule has 1 N–H and O–H groups in total. The fourth-order valence-electron chi connectivity index (χ4n) is 3.41. The quantitative estimate of drug-likeness (QED) is 0.622. The van der Waals surface area contributed by atoms with Crippen molar-refractivity contribution in [3.8, 4) is 5.75 Å². The van der Waals surface area contributed by atoms with Gasteiger partial charge in [0.1, 0.15) is 5.75 Å². The maximum atomic E-state index is 12.3. The van der Waals surface area contributed by atoms with Gasteiger partial charge < -0.3 is 19.5 Å². The van der Waals surface area contributed by atoms with Crippen LogP contribution in [-0.4, -0.2) is 30.9 Å². The molecule has 0 aromatic heterocycles. The first-order valence-electron chi connectivity index (χ1n) is 10.4. The van der Waals surface area contributed by atoms with Gasteiger partial charge in [0, 0.05) is 13.0 Å². The fourth-order valence-corrected chi connectivity index (χ4v) is 3.41. The number of aryl methyl sites for hydroxylation is 1. The fraction of sp³-hybridized carbons (Fsp3) is 0.417. The van der Waals surface area contributed by atoms with Crippen LogP contribution >= 0.6 is 0 Å². The number of alkyl carbamates (subject to hydrolysis) is 1. The van der Waals surface area contributed by atoms with Gasteiger partial charge in [0.25, 0.3) is 0 Å². The van der Waals surface area contributed by atoms with Gasteiger partial charge in [0.05, 0.1) is 13.2 Å². The molecule has 3 rings (SSSR count). The molecule has 0 aliphatic heterocycles. The Morgan fingerprint density at radius 2 is 1.80 bits per heavy atom. The molecular weight excluding hydrogens is 382 g/mol. The Morgan fingerprint density at radius 3 is 2.50 bits per heavy atom. The van der Waals surface area contributed by atoms with Crippen LogP contribution in [0.25, 0.3) is 0 Å². The average Bonchev–Trinajstić information content (AvgIpc) is 2.70. The Kier molecular flexibility index (Phi) is 7.33. The Morgan fingerprint density at radius 1 is 1.03 bits per heavy atom. The van der Waals surface area contributed by atoms with Crippen molar-refractivity contribution >= 4 is 12.1 Å². The molecule has 6 heteroatoms. The molecule has 160 valence electrons. The highest BCUT2D eigenvalue weighted by atomic mass is 16.6. The lowest BCUT2D eigenvalue weighted by atomic mass is 9.80. The lowest BCUT2D eigenvalue weighted by molar-refractivity contribution is -0.169. The number of hydrogen-bond acceptors (Lipinski definition) is 5. The molecule has 1 fully saturated rings. The molecule has 2 aromatic rings. The number of carbonyl (C=O) groups excluding carboxylic acids is 2. The van der Waals surface area contributed by atoms with Gasteiger partial charge in [-0.25, -0.2) is 9.59 Å². The molecule has 0 unspecified atom stereocenters. The van der Waals surface area contributed by atoms with Gasteiger partial charge in [-0.1, -0.05) is 42.0 Å². The molecule has 30 heavy (non-hydrogen) atoms. The van der Waals surface area contributed by atoms with Gasteiger partial charge in [-0.15, -0.1) is 0 Å². The summed E-state index contributed by atoms with van der Waals surface area (Å²) in [6.07, 6.45) is 2.46. The first kappa shape index (κ1) is 21.7. The van der Waals surface area contributed by atoms with Crippen LogP contribution in [0, 0.1) is 6.92 Å². The van der Waals surface area contributed by atoms with Crippen molar-refractivity contribution in [3.63, 3.8) is 0 Å². The Hall–Kier alpha value is -3.02. The molecule has 2 aromatic carbocycles. The molecule has 0 heterocycles. The summed E-state index contributed by atoms with van der Waals surface area (Å²) in [6.45, 7) is 4.79. The number of ether oxygens (including phenoxy) is 3. The predicted molar refractivity (Wildman–Crippen MR) is 113 cm³/mol. The summed E-state index contributed by atoms with van der Waals surface area (Å²) in [5.41, 5.74) is 2.31. The van der Waals surface area contributed by atoms with E-state index >= 15 is 0 Å². The predicted octanol–water partition coefficient (Wildman–Crippen LogP) is 4.33. The standard InChI is InChI=1S/C24H29NO5/c1-3-28-22(26)24(12-6-13-24)30-21-10-5-9-20(16-21)17-25-23(27)29-14-11-19-8-4-7-18(2)15-19/h4-5,7-10,15-16H,3,6,11-14,17H2,1-2H3,(H,25,27). The zero-order valence-electron chi connectivity index (χ0n) is 17.6. The topological polar surface area (TPSA) is 73.9 Å². The van der Waals surface area contributed by atoms with Crippen molar-refractivity contribution in [2.75, 3.05) is 13.2 Å². The highest BCUT2D eigenvalue weighted by Gasteiger charge is 2.48. The molecule has 1 amide bonds. The van der Waals surface area contributed by atoms with E-state index in [0.29, 0.717) is 44.8 Å². The van der Waals surface area contributed by atoms with E-state index in [1.165, 1.54) is 5.56 Å². The molecular formula is C24H29NO5. The summed E-state index contributed by atoms with van der Waals surface area (Å²) < 4.78 is 16.4. The average molecular weight is 411 g/mol. The van der Waals surface area contributed by atoms with Crippen molar-refractivity contribution in [2.24, 2.45) is 0 Å². The normalized spacial score (nSPS) is 14.3. The largest absolute Gasteiger partial charge is 0.476 e. The zero-order chi connectivity index (χ0) is 21.4. The number of carbonyl (C=O) groups is 2. The third-order valence-electron chi connectivity index (χ3n) is 5.16. The number of amides is 1. The third-order valence-corrected chi connectivity index (χ3v) is 5.16. The van der Waals surface area contributed by atoms with Crippen LogP contribution in [0.5, 0.6) is 5.75 Å². The summed E-state index contributed by atoms with van der Waals surface area (Å²) in [5.74, 6) is 0.284. The Bertz CT molecular complexity index is 875. The van der Waals surface area contributed by atoms with Crippen LogP contribution in [0.15, 0.2) is 48.5 Å². The molecule has 1 saturated carbocycles. The van der Waals surface area contributed by atoms with E-state index < -0.39 is 11.7 Å². The summed E-state index contributed by atoms with van der Waals surface area (Å²) in [6, 6.07) is 15.5. The zero-order valence-corrected chi connectivity index (χ0v) is 17.6. The second-order valence-corrected chi connectivity index (χ2v) is 7.55. The van der Waals surface area contributed by atoms with E-state index in [-0.39, 0.29) is 5.97 Å². The maximum absolute atomic E-state index is 12.3. The molecule has 1 aliphatic rings. The molecule has 0 spiro atoms. The number of hydrogen-bond donors (Lipinski definition) is 1. The van der Waals surface area contributed by atoms with Gasteiger partial charge in [-0.2, -0.15) is 0 Å². The molecule has 0 radical (unpaired) electrons. The Labute approximate surface area is 177 Å². The van der Waals surface area contributed by atoms with E-state index in [0.717, 1.165) is 17.5 Å². The minimum atomic E-state index is -0.878. The maximum Gasteiger partial charge on any atom is 0.407 e. The molecule has 6 nitrogen and oxygen atoms in total. The van der Waals surface area contributed by atoms with Gasteiger partial charge >= 0.3 is 12.1 Å². The molecule has 0 bridgehead atoms. The van der Waals surface area contributed by atoms with Crippen molar-refractivity contribution in [3.05, 3.63) is 65.2 Å². The summed E-state index contributed by atoms with van der Waals surface area (Å²) in [4.78, 5) is 24.2. The van der Waals surface area contributed by atoms with Gasteiger partial charge in [-0.3, -0.25) is 0 Å². The summed E-state index contributed by atoms with van der Waals surface area (Å²) in [7, 11) is 0. The SMILES string of the molecule is CCOC(=O)C1(Oc2cccc(CNC(=O)OCCc3cccc(C)c3)c2)CCC1. The Balaban J connectivity index is 1.46. The number of esters is 1. The lowest BCUT2D eigenvalue weighted by Gasteiger charge is -2.39. The highest BCUT2D eigenvalue weighted by molar-refractivity contribution is 5.81. The van der Waals surface area contributed by atoms with Crippen molar-refractivity contribution in [2.45, 2.75) is 51.7 Å². The van der Waals surface area contributed by atoms with E-state index in [9.17, 15) is 9.59 Å². The minimum absolute atomic E-state index is 0.308. The third kappa shape index (κ3) is 5.75. The van der Waals surface area contributed by atoms with Gasteiger partial charge in [-0.05, 0) is 56.4 Å². The molecule has 0 atom stereocenters. The van der Waals surface area contributed by atoms with E-state index in [1.54, 1.807) is 6.92 Å². The number of rotatable bonds is 9. The van der Waals surface area contributed by atoms with Crippen molar-refractivity contribution in [1.82, 2.24) is 5.32 Å². The molecule has 0 saturated heterocycles. The second-order valence-electron chi connectivity index (χ2n) is 7.55. The first-order chi connectivity index (χ1) is 14.5. The minimum Gasteiger partial charge on any atom is -0.476 e. The smallest absolute Gasteiger partial charge is 0.407 e. The van der Waals surface area contributed by atoms with Crippen LogP contribution < -0.4 is 10.1 Å². The van der Waals surface area contributed by atoms with Crippen LogP contribution in [0.3, 0.4) is 0 Å². The number of nitrogens with one attached hydrogen (secondary N) is 1. The van der Waals surface area contributed by atoms with Crippen LogP contribution in [0.4, 0.5) is 4.79 Å². The van der Waals surface area contributed by atoms with Crippen LogP contribution in [0.2, 0.25) is 0 Å². The lowest BCUT2D eigenvalue weighted by Crippen LogP contribution is -2.51. The van der Waals surface area contributed by atoms with Gasteiger partial charge in [0.15, 0.2) is 0 Å². The van der Waals surface area contributed by atoms with E-state index in [2.05, 4.69) is 11.4 Å². The van der Waals surface area contributed by atoms with Crippen molar-refractivity contribution < 1.29 is 23.8 Å². The van der Waals surface area contributed by atoms with E-state index in [1.807, 2.05) is 49.4 Å². The summed E-state index contributed by atoms with van der Waals surface area (Å²) in [5, 5.41) is 2.75. The van der Waals surface area contributed by atoms with Crippen LogP contribution in [0.1, 0.15) is 42.9 Å². The number of benzene rings is 2. The van der Waals surface area contributed by atoms with E-state index in [4.69, 9.17) is 14.2 Å². The first-order valence-corrected chi connectivity index (χ1v) is 10.4. The van der Waals surface area contributed by atoms with Crippen LogP contribution in [-0.2, 0) is 27.2 Å². The molecule has 1 aliphatic carbocycles.